The normalized spacial score (nSPS) is 21.6. The van der Waals surface area contributed by atoms with Gasteiger partial charge in [-0.1, -0.05) is 6.08 Å². The molecule has 9 nitrogen and oxygen atoms in total. The smallest absolute Gasteiger partial charge is 0.407 e. The third-order valence-corrected chi connectivity index (χ3v) is 4.83. The van der Waals surface area contributed by atoms with E-state index in [0.717, 1.165) is 22.4 Å². The topological polar surface area (TPSA) is 111 Å². The molecule has 0 spiro atoms. The van der Waals surface area contributed by atoms with Crippen LogP contribution >= 0.6 is 0 Å². The van der Waals surface area contributed by atoms with Crippen LogP contribution in [0.4, 0.5) is 4.79 Å². The Morgan fingerprint density at radius 3 is 2.79 bits per heavy atom. The van der Waals surface area contributed by atoms with Crippen LogP contribution in [0, 0.1) is 6.92 Å². The molecule has 1 unspecified atom stereocenters. The third-order valence-electron chi connectivity index (χ3n) is 4.83. The lowest BCUT2D eigenvalue weighted by molar-refractivity contribution is -0.141. The van der Waals surface area contributed by atoms with Crippen molar-refractivity contribution in [1.82, 2.24) is 20.1 Å². The number of nitrogens with zero attached hydrogens (tertiary/aromatic N) is 4. The minimum atomic E-state index is -0.900. The zero-order valence-corrected chi connectivity index (χ0v) is 16.0. The van der Waals surface area contributed by atoms with Crippen molar-refractivity contribution in [3.05, 3.63) is 35.5 Å². The number of aryl methyl sites for hydroxylation is 1. The highest BCUT2D eigenvalue weighted by Crippen LogP contribution is 2.33. The van der Waals surface area contributed by atoms with E-state index in [1.807, 2.05) is 32.9 Å². The van der Waals surface area contributed by atoms with Crippen molar-refractivity contribution in [1.29, 1.82) is 0 Å². The zero-order chi connectivity index (χ0) is 19.9. The van der Waals surface area contributed by atoms with Crippen LogP contribution in [-0.2, 0) is 9.47 Å². The van der Waals surface area contributed by atoms with E-state index in [9.17, 15) is 4.79 Å². The summed E-state index contributed by atoms with van der Waals surface area (Å²) in [7, 11) is 0. The first-order chi connectivity index (χ1) is 13.3. The monoisotopic (exact) mass is 386 g/mol. The quantitative estimate of drug-likeness (QED) is 0.857. The molecule has 28 heavy (non-hydrogen) atoms. The van der Waals surface area contributed by atoms with Gasteiger partial charge in [-0.25, -0.2) is 4.79 Å². The van der Waals surface area contributed by atoms with Crippen molar-refractivity contribution in [2.45, 2.75) is 39.1 Å². The number of ether oxygens (including phenoxy) is 2. The average molecular weight is 386 g/mol. The van der Waals surface area contributed by atoms with E-state index in [4.69, 9.17) is 19.0 Å². The molecule has 0 saturated carbocycles. The molecule has 4 heterocycles. The Morgan fingerprint density at radius 2 is 2.18 bits per heavy atom. The van der Waals surface area contributed by atoms with Crippen LogP contribution in [-0.4, -0.2) is 56.8 Å². The standard InChI is InChI=1S/C19H22N4O5/c1-11-8-13(9-20-15(11)12-4-6-23(7-5-12)18(24)25)16-21-22-17(27-16)14-10-26-19(2,3)28-14/h4,8-9,14H,5-7,10H2,1-3H3,(H,24,25). The molecule has 9 heteroatoms. The van der Waals surface area contributed by atoms with Crippen LogP contribution in [0.2, 0.25) is 0 Å². The lowest BCUT2D eigenvalue weighted by Crippen LogP contribution is -2.33. The number of pyridine rings is 1. The molecule has 148 valence electrons. The molecule has 2 aromatic heterocycles. The largest absolute Gasteiger partial charge is 0.465 e. The number of carboxylic acid groups (broad SMARTS) is 1. The van der Waals surface area contributed by atoms with Gasteiger partial charge in [0.1, 0.15) is 0 Å². The summed E-state index contributed by atoms with van der Waals surface area (Å²) in [6.45, 7) is 6.85. The SMILES string of the molecule is Cc1cc(-c2nnc(C3COC(C)(C)O3)o2)cnc1C1=CCN(C(=O)O)CC1. The van der Waals surface area contributed by atoms with Gasteiger partial charge in [-0.3, -0.25) is 4.98 Å². The maximum absolute atomic E-state index is 11.0. The lowest BCUT2D eigenvalue weighted by atomic mass is 10.00. The van der Waals surface area contributed by atoms with Gasteiger partial charge in [0.2, 0.25) is 11.8 Å². The molecule has 1 amide bonds. The van der Waals surface area contributed by atoms with Crippen LogP contribution < -0.4 is 0 Å². The molecule has 0 bridgehead atoms. The summed E-state index contributed by atoms with van der Waals surface area (Å²) in [6.07, 6.45) is 2.96. The molecule has 0 radical (unpaired) electrons. The zero-order valence-electron chi connectivity index (χ0n) is 16.0. The fourth-order valence-electron chi connectivity index (χ4n) is 3.38. The maximum Gasteiger partial charge on any atom is 0.407 e. The predicted octanol–water partition coefficient (Wildman–Crippen LogP) is 3.03. The molecule has 1 fully saturated rings. The maximum atomic E-state index is 11.0. The van der Waals surface area contributed by atoms with Gasteiger partial charge in [0, 0.05) is 19.3 Å². The second-order valence-corrected chi connectivity index (χ2v) is 7.36. The molecule has 1 N–H and O–H groups in total. The summed E-state index contributed by atoms with van der Waals surface area (Å²) in [5.41, 5.74) is 3.60. The summed E-state index contributed by atoms with van der Waals surface area (Å²) in [6, 6.07) is 1.94. The van der Waals surface area contributed by atoms with Crippen LogP contribution in [0.1, 0.15) is 43.5 Å². The second kappa shape index (κ2) is 6.99. The molecule has 2 aromatic rings. The highest BCUT2D eigenvalue weighted by atomic mass is 16.7. The van der Waals surface area contributed by atoms with Gasteiger partial charge >= 0.3 is 6.09 Å². The fraction of sp³-hybridized carbons (Fsp3) is 0.474. The van der Waals surface area contributed by atoms with Gasteiger partial charge in [-0.15, -0.1) is 10.2 Å². The molecule has 2 aliphatic heterocycles. The van der Waals surface area contributed by atoms with Crippen LogP contribution in [0.25, 0.3) is 17.0 Å². The molecule has 0 aliphatic carbocycles. The Hall–Kier alpha value is -2.78. The molecule has 2 aliphatic rings. The van der Waals surface area contributed by atoms with Crippen molar-refractivity contribution in [3.63, 3.8) is 0 Å². The van der Waals surface area contributed by atoms with E-state index < -0.39 is 11.9 Å². The van der Waals surface area contributed by atoms with E-state index in [2.05, 4.69) is 15.2 Å². The van der Waals surface area contributed by atoms with E-state index in [0.29, 0.717) is 37.9 Å². The van der Waals surface area contributed by atoms with E-state index in [1.54, 1.807) is 6.20 Å². The Kier molecular flexibility index (Phi) is 4.64. The Balaban J connectivity index is 1.52. The van der Waals surface area contributed by atoms with Gasteiger partial charge < -0.3 is 23.9 Å². The Bertz CT molecular complexity index is 936. The van der Waals surface area contributed by atoms with E-state index in [1.165, 1.54) is 4.90 Å². The number of hydrogen-bond donors (Lipinski definition) is 1. The summed E-state index contributed by atoms with van der Waals surface area (Å²) in [5, 5.41) is 17.3. The third kappa shape index (κ3) is 3.63. The Labute approximate surface area is 162 Å². The first-order valence-electron chi connectivity index (χ1n) is 9.12. The molecule has 4 rings (SSSR count). The van der Waals surface area contributed by atoms with Crippen molar-refractivity contribution in [2.24, 2.45) is 0 Å². The van der Waals surface area contributed by atoms with Gasteiger partial charge in [0.15, 0.2) is 11.9 Å². The van der Waals surface area contributed by atoms with Gasteiger partial charge in [-0.05, 0) is 44.4 Å². The second-order valence-electron chi connectivity index (χ2n) is 7.36. The van der Waals surface area contributed by atoms with Crippen molar-refractivity contribution in [3.8, 4) is 11.5 Å². The van der Waals surface area contributed by atoms with Gasteiger partial charge in [0.05, 0.1) is 17.9 Å². The van der Waals surface area contributed by atoms with E-state index in [-0.39, 0.29) is 6.10 Å². The average Bonchev–Trinajstić information content (AvgIpc) is 3.28. The first kappa shape index (κ1) is 18.6. The van der Waals surface area contributed by atoms with E-state index >= 15 is 0 Å². The number of amides is 1. The minimum absolute atomic E-state index is 0.367. The molecular weight excluding hydrogens is 364 g/mol. The van der Waals surface area contributed by atoms with Crippen molar-refractivity contribution in [2.75, 3.05) is 19.7 Å². The van der Waals surface area contributed by atoms with Crippen molar-refractivity contribution >= 4 is 11.7 Å². The number of aromatic nitrogens is 3. The number of hydrogen-bond acceptors (Lipinski definition) is 7. The molecule has 1 saturated heterocycles. The van der Waals surface area contributed by atoms with Crippen molar-refractivity contribution < 1.29 is 23.8 Å². The summed E-state index contributed by atoms with van der Waals surface area (Å²) >= 11 is 0. The number of rotatable bonds is 3. The highest BCUT2D eigenvalue weighted by Gasteiger charge is 2.36. The minimum Gasteiger partial charge on any atom is -0.465 e. The van der Waals surface area contributed by atoms with Gasteiger partial charge in [0.25, 0.3) is 0 Å². The number of carbonyl (C=O) groups is 1. The summed E-state index contributed by atoms with van der Waals surface area (Å²) < 4.78 is 17.1. The highest BCUT2D eigenvalue weighted by molar-refractivity contribution is 5.72. The summed E-state index contributed by atoms with van der Waals surface area (Å²) in [4.78, 5) is 17.0. The Morgan fingerprint density at radius 1 is 1.36 bits per heavy atom. The molecule has 0 aromatic carbocycles. The molecular formula is C19H22N4O5. The predicted molar refractivity (Wildman–Crippen MR) is 98.3 cm³/mol. The van der Waals surface area contributed by atoms with Crippen LogP contribution in [0.15, 0.2) is 22.8 Å². The fourth-order valence-corrected chi connectivity index (χ4v) is 3.38. The molecule has 1 atom stereocenters. The van der Waals surface area contributed by atoms with Gasteiger partial charge in [-0.2, -0.15) is 0 Å². The lowest BCUT2D eigenvalue weighted by Gasteiger charge is -2.24. The van der Waals surface area contributed by atoms with Crippen LogP contribution in [0.5, 0.6) is 0 Å². The van der Waals surface area contributed by atoms with Crippen LogP contribution in [0.3, 0.4) is 0 Å². The summed E-state index contributed by atoms with van der Waals surface area (Å²) in [5.74, 6) is 0.0921. The first-order valence-corrected chi connectivity index (χ1v) is 9.12.